The van der Waals surface area contributed by atoms with E-state index in [0.717, 1.165) is 31.5 Å². The van der Waals surface area contributed by atoms with E-state index in [1.807, 2.05) is 0 Å². The summed E-state index contributed by atoms with van der Waals surface area (Å²) >= 11 is 0. The van der Waals surface area contributed by atoms with Gasteiger partial charge >= 0.3 is 0 Å². The molecule has 0 saturated carbocycles. The number of hydrogen-bond donors (Lipinski definition) is 1. The number of terminal acetylenes is 1. The molecule has 1 saturated heterocycles. The average molecular weight is 335 g/mol. The van der Waals surface area contributed by atoms with Crippen molar-refractivity contribution in [3.63, 3.8) is 0 Å². The van der Waals surface area contributed by atoms with E-state index in [0.29, 0.717) is 6.54 Å². The van der Waals surface area contributed by atoms with Gasteiger partial charge in [0.1, 0.15) is 6.54 Å². The highest BCUT2D eigenvalue weighted by molar-refractivity contribution is 14.0. The van der Waals surface area contributed by atoms with Crippen LogP contribution in [-0.4, -0.2) is 37.0 Å². The molecule has 0 aromatic carbocycles. The van der Waals surface area contributed by atoms with Crippen molar-refractivity contribution in [2.45, 2.75) is 26.7 Å². The van der Waals surface area contributed by atoms with Crippen LogP contribution in [0.5, 0.6) is 0 Å². The van der Waals surface area contributed by atoms with Gasteiger partial charge in [0.15, 0.2) is 5.96 Å². The molecule has 1 heterocycles. The number of piperidine rings is 1. The number of nitrogens with zero attached hydrogens (tertiary/aromatic N) is 2. The zero-order chi connectivity index (χ0) is 11.1. The van der Waals surface area contributed by atoms with Crippen LogP contribution in [0.3, 0.4) is 0 Å². The summed E-state index contributed by atoms with van der Waals surface area (Å²) < 4.78 is 0. The maximum absolute atomic E-state index is 5.22. The van der Waals surface area contributed by atoms with Gasteiger partial charge in [0.2, 0.25) is 0 Å². The molecule has 1 aliphatic heterocycles. The Bertz CT molecular complexity index is 249. The lowest BCUT2D eigenvalue weighted by Gasteiger charge is -2.32. The van der Waals surface area contributed by atoms with Gasteiger partial charge in [-0.15, -0.1) is 30.4 Å². The summed E-state index contributed by atoms with van der Waals surface area (Å²) in [6.45, 7) is 7.94. The van der Waals surface area contributed by atoms with Gasteiger partial charge in [-0.25, -0.2) is 4.99 Å². The van der Waals surface area contributed by atoms with Crippen molar-refractivity contribution in [3.05, 3.63) is 0 Å². The third kappa shape index (κ3) is 5.06. The monoisotopic (exact) mass is 335 g/mol. The molecule has 0 aromatic heterocycles. The molecule has 0 spiro atoms. The van der Waals surface area contributed by atoms with Gasteiger partial charge in [-0.2, -0.15) is 0 Å². The van der Waals surface area contributed by atoms with Gasteiger partial charge in [0.25, 0.3) is 0 Å². The van der Waals surface area contributed by atoms with Crippen molar-refractivity contribution in [1.29, 1.82) is 0 Å². The Hall–Kier alpha value is -0.440. The maximum atomic E-state index is 5.22. The lowest BCUT2D eigenvalue weighted by molar-refractivity contribution is 0.273. The Balaban J connectivity index is 0.00000225. The number of rotatable bonds is 2. The van der Waals surface area contributed by atoms with Gasteiger partial charge in [0.05, 0.1) is 0 Å². The molecule has 0 radical (unpaired) electrons. The summed E-state index contributed by atoms with van der Waals surface area (Å²) in [7, 11) is 0. The van der Waals surface area contributed by atoms with Crippen molar-refractivity contribution >= 4 is 29.9 Å². The molecule has 0 unspecified atom stereocenters. The Morgan fingerprint density at radius 2 is 2.12 bits per heavy atom. The first-order valence-corrected chi connectivity index (χ1v) is 5.74. The van der Waals surface area contributed by atoms with Gasteiger partial charge in [0, 0.05) is 19.6 Å². The first kappa shape index (κ1) is 15.6. The summed E-state index contributed by atoms with van der Waals surface area (Å²) in [4.78, 5) is 6.68. The number of likely N-dealkylation sites (tertiary alicyclic amines) is 1. The molecule has 0 bridgehead atoms. The van der Waals surface area contributed by atoms with Gasteiger partial charge < -0.3 is 10.2 Å². The Morgan fingerprint density at radius 1 is 1.50 bits per heavy atom. The number of halogens is 1. The van der Waals surface area contributed by atoms with Gasteiger partial charge in [-0.3, -0.25) is 0 Å². The summed E-state index contributed by atoms with van der Waals surface area (Å²) in [6, 6.07) is 0. The average Bonchev–Trinajstić information content (AvgIpc) is 2.25. The molecular formula is C12H22IN3. The van der Waals surface area contributed by atoms with Crippen molar-refractivity contribution in [3.8, 4) is 12.3 Å². The lowest BCUT2D eigenvalue weighted by atomic mass is 10.00. The second-order valence-electron chi connectivity index (χ2n) is 4.04. The first-order valence-electron chi connectivity index (χ1n) is 5.74. The van der Waals surface area contributed by atoms with Crippen LogP contribution in [0.25, 0.3) is 0 Å². The second-order valence-corrected chi connectivity index (χ2v) is 4.04. The summed E-state index contributed by atoms with van der Waals surface area (Å²) in [5.41, 5.74) is 0. The zero-order valence-electron chi connectivity index (χ0n) is 10.2. The van der Waals surface area contributed by atoms with Crippen molar-refractivity contribution in [1.82, 2.24) is 10.2 Å². The van der Waals surface area contributed by atoms with Crippen molar-refractivity contribution < 1.29 is 0 Å². The predicted molar refractivity (Wildman–Crippen MR) is 80.2 cm³/mol. The summed E-state index contributed by atoms with van der Waals surface area (Å²) in [5, 5.41) is 3.28. The smallest absolute Gasteiger partial charge is 0.194 e. The quantitative estimate of drug-likeness (QED) is 0.361. The van der Waals surface area contributed by atoms with E-state index in [2.05, 4.69) is 35.0 Å². The predicted octanol–water partition coefficient (Wildman–Crippen LogP) is 1.94. The van der Waals surface area contributed by atoms with E-state index < -0.39 is 0 Å². The highest BCUT2D eigenvalue weighted by atomic mass is 127. The van der Waals surface area contributed by atoms with Crippen LogP contribution in [-0.2, 0) is 0 Å². The SMILES string of the molecule is C#CCN=C(NCC)N1CCC(C)CC1.I. The molecule has 92 valence electrons. The molecule has 0 aromatic rings. The number of nitrogens with one attached hydrogen (secondary N) is 1. The number of aliphatic imine (C=N–C) groups is 1. The Labute approximate surface area is 116 Å². The molecule has 0 amide bonds. The number of guanidine groups is 1. The third-order valence-electron chi connectivity index (χ3n) is 2.74. The molecule has 0 atom stereocenters. The van der Waals surface area contributed by atoms with E-state index >= 15 is 0 Å². The summed E-state index contributed by atoms with van der Waals surface area (Å²) in [6.07, 6.45) is 7.72. The molecule has 1 rings (SSSR count). The largest absolute Gasteiger partial charge is 0.356 e. The molecule has 3 nitrogen and oxygen atoms in total. The fraction of sp³-hybridized carbons (Fsp3) is 0.750. The van der Waals surface area contributed by atoms with Crippen LogP contribution in [0.2, 0.25) is 0 Å². The van der Waals surface area contributed by atoms with Gasteiger partial charge in [-0.05, 0) is 25.7 Å². The fourth-order valence-corrected chi connectivity index (χ4v) is 1.77. The molecule has 0 aliphatic carbocycles. The zero-order valence-corrected chi connectivity index (χ0v) is 12.5. The van der Waals surface area contributed by atoms with Gasteiger partial charge in [-0.1, -0.05) is 12.8 Å². The van der Waals surface area contributed by atoms with E-state index in [4.69, 9.17) is 6.42 Å². The highest BCUT2D eigenvalue weighted by Crippen LogP contribution is 2.15. The molecule has 1 aliphatic rings. The normalized spacial score (nSPS) is 17.6. The topological polar surface area (TPSA) is 27.6 Å². The van der Waals surface area contributed by atoms with Crippen LogP contribution >= 0.6 is 24.0 Å². The van der Waals surface area contributed by atoms with Crippen LogP contribution in [0.1, 0.15) is 26.7 Å². The molecular weight excluding hydrogens is 313 g/mol. The van der Waals surface area contributed by atoms with E-state index in [1.54, 1.807) is 0 Å². The van der Waals surface area contributed by atoms with Crippen LogP contribution in [0.15, 0.2) is 4.99 Å². The molecule has 16 heavy (non-hydrogen) atoms. The van der Waals surface area contributed by atoms with Crippen LogP contribution in [0.4, 0.5) is 0 Å². The van der Waals surface area contributed by atoms with E-state index in [9.17, 15) is 0 Å². The van der Waals surface area contributed by atoms with Crippen LogP contribution < -0.4 is 5.32 Å². The van der Waals surface area contributed by atoms with Crippen molar-refractivity contribution in [2.24, 2.45) is 10.9 Å². The van der Waals surface area contributed by atoms with Crippen LogP contribution in [0, 0.1) is 18.3 Å². The Kier molecular flexibility index (Phi) is 8.44. The minimum Gasteiger partial charge on any atom is -0.356 e. The summed E-state index contributed by atoms with van der Waals surface area (Å²) in [5.74, 6) is 4.37. The standard InChI is InChI=1S/C12H21N3.HI/c1-4-8-14-12(13-5-2)15-9-6-11(3)7-10-15;/h1,11H,5-10H2,2-3H3,(H,13,14);1H. The number of hydrogen-bond acceptors (Lipinski definition) is 1. The first-order chi connectivity index (χ1) is 7.27. The van der Waals surface area contributed by atoms with Crippen molar-refractivity contribution in [2.75, 3.05) is 26.2 Å². The molecule has 4 heteroatoms. The minimum absolute atomic E-state index is 0. The molecule has 1 N–H and O–H groups in total. The maximum Gasteiger partial charge on any atom is 0.194 e. The van der Waals surface area contributed by atoms with E-state index in [-0.39, 0.29) is 24.0 Å². The third-order valence-corrected chi connectivity index (χ3v) is 2.74. The second kappa shape index (κ2) is 8.68. The lowest BCUT2D eigenvalue weighted by Crippen LogP contribution is -2.45. The fourth-order valence-electron chi connectivity index (χ4n) is 1.77. The minimum atomic E-state index is 0. The Morgan fingerprint density at radius 3 is 2.62 bits per heavy atom. The molecule has 1 fully saturated rings. The highest BCUT2D eigenvalue weighted by Gasteiger charge is 2.17. The van der Waals surface area contributed by atoms with E-state index in [1.165, 1.54) is 12.8 Å².